The van der Waals surface area contributed by atoms with Crippen LogP contribution in [0.3, 0.4) is 0 Å². The molecule has 4 nitrogen and oxygen atoms in total. The summed E-state index contributed by atoms with van der Waals surface area (Å²) >= 11 is 0. The van der Waals surface area contributed by atoms with Crippen molar-refractivity contribution in [3.05, 3.63) is 23.8 Å². The van der Waals surface area contributed by atoms with Crippen molar-refractivity contribution in [2.24, 2.45) is 11.8 Å². The zero-order valence-corrected chi connectivity index (χ0v) is 12.7. The van der Waals surface area contributed by atoms with Gasteiger partial charge in [-0.1, -0.05) is 13.0 Å². The van der Waals surface area contributed by atoms with Gasteiger partial charge in [-0.05, 0) is 43.6 Å². The Bertz CT molecular complexity index is 503. The smallest absolute Gasteiger partial charge is 0.230 e. The average Bonchev–Trinajstić information content (AvgIpc) is 2.34. The topological polar surface area (TPSA) is 41.6 Å². The lowest BCUT2D eigenvalue weighted by atomic mass is 9.87. The molecule has 1 aromatic rings. The van der Waals surface area contributed by atoms with Gasteiger partial charge >= 0.3 is 0 Å². The Morgan fingerprint density at radius 2 is 2.20 bits per heavy atom. The fraction of sp³-hybridized carbons (Fsp3) is 0.533. The Morgan fingerprint density at radius 1 is 1.45 bits per heavy atom. The monoisotopic (exact) mass is 296 g/mol. The van der Waals surface area contributed by atoms with Crippen LogP contribution in [0.2, 0.25) is 0 Å². The molecular weight excluding hydrogens is 276 g/mol. The predicted octanol–water partition coefficient (Wildman–Crippen LogP) is 2.00. The maximum atomic E-state index is 12.6. The van der Waals surface area contributed by atoms with E-state index in [0.717, 1.165) is 30.1 Å². The van der Waals surface area contributed by atoms with E-state index in [1.54, 1.807) is 0 Å². The molecule has 1 atom stereocenters. The second kappa shape index (κ2) is 6.02. The van der Waals surface area contributed by atoms with Gasteiger partial charge in [0.2, 0.25) is 5.91 Å². The molecule has 0 aromatic heterocycles. The van der Waals surface area contributed by atoms with E-state index in [-0.39, 0.29) is 24.2 Å². The van der Waals surface area contributed by atoms with E-state index in [4.69, 9.17) is 4.74 Å². The first kappa shape index (κ1) is 15.1. The van der Waals surface area contributed by atoms with Crippen LogP contribution >= 0.6 is 12.4 Å². The number of anilines is 1. The fourth-order valence-electron chi connectivity index (χ4n) is 2.67. The minimum Gasteiger partial charge on any atom is -0.490 e. The molecule has 110 valence electrons. The third-order valence-corrected chi connectivity index (χ3v) is 4.15. The summed E-state index contributed by atoms with van der Waals surface area (Å²) < 4.78 is 5.66. The van der Waals surface area contributed by atoms with Crippen LogP contribution in [0.25, 0.3) is 0 Å². The second-order valence-electron chi connectivity index (χ2n) is 5.52. The molecule has 0 saturated carbocycles. The normalized spacial score (nSPS) is 19.2. The molecule has 1 unspecified atom stereocenters. The molecule has 1 aromatic carbocycles. The number of carbonyl (C=O) groups excluding carboxylic acids is 1. The maximum Gasteiger partial charge on any atom is 0.230 e. The van der Waals surface area contributed by atoms with Crippen LogP contribution in [-0.4, -0.2) is 32.1 Å². The molecule has 1 saturated heterocycles. The molecular formula is C15H21ClN2O2. The molecule has 1 N–H and O–H groups in total. The number of fused-ring (bicyclic) bond motifs is 1. The predicted molar refractivity (Wildman–Crippen MR) is 81.8 cm³/mol. The number of ether oxygens (including phenoxy) is 1. The lowest BCUT2D eigenvalue weighted by Gasteiger charge is -2.37. The van der Waals surface area contributed by atoms with Crippen molar-refractivity contribution in [3.63, 3.8) is 0 Å². The number of carbonyl (C=O) groups is 1. The molecule has 2 aliphatic rings. The largest absolute Gasteiger partial charge is 0.490 e. The third-order valence-electron chi connectivity index (χ3n) is 4.15. The number of nitrogens with one attached hydrogen (secondary N) is 1. The van der Waals surface area contributed by atoms with Crippen LogP contribution < -0.4 is 15.0 Å². The Morgan fingerprint density at radius 3 is 2.85 bits per heavy atom. The Kier molecular flexibility index (Phi) is 4.55. The van der Waals surface area contributed by atoms with Crippen LogP contribution in [0.5, 0.6) is 5.75 Å². The van der Waals surface area contributed by atoms with E-state index in [1.165, 1.54) is 0 Å². The molecule has 20 heavy (non-hydrogen) atoms. The molecule has 3 rings (SSSR count). The van der Waals surface area contributed by atoms with E-state index >= 15 is 0 Å². The van der Waals surface area contributed by atoms with E-state index in [9.17, 15) is 4.79 Å². The number of amides is 1. The summed E-state index contributed by atoms with van der Waals surface area (Å²) in [6.07, 6.45) is 0. The van der Waals surface area contributed by atoms with Crippen molar-refractivity contribution in [2.75, 3.05) is 31.1 Å². The summed E-state index contributed by atoms with van der Waals surface area (Å²) in [5, 5.41) is 3.23. The molecule has 0 bridgehead atoms. The minimum atomic E-state index is 0. The highest BCUT2D eigenvalue weighted by Gasteiger charge is 2.34. The fourth-order valence-corrected chi connectivity index (χ4v) is 2.67. The van der Waals surface area contributed by atoms with Crippen molar-refractivity contribution in [1.29, 1.82) is 0 Å². The number of halogens is 1. The maximum absolute atomic E-state index is 12.6. The quantitative estimate of drug-likeness (QED) is 0.907. The van der Waals surface area contributed by atoms with Crippen LogP contribution in [-0.2, 0) is 4.79 Å². The molecule has 2 aliphatic heterocycles. The summed E-state index contributed by atoms with van der Waals surface area (Å²) in [6.45, 7) is 7.22. The summed E-state index contributed by atoms with van der Waals surface area (Å²) in [4.78, 5) is 14.5. The van der Waals surface area contributed by atoms with Crippen LogP contribution in [0.1, 0.15) is 12.5 Å². The highest BCUT2D eigenvalue weighted by molar-refractivity contribution is 5.97. The van der Waals surface area contributed by atoms with Gasteiger partial charge in [-0.15, -0.1) is 12.4 Å². The lowest BCUT2D eigenvalue weighted by Crippen LogP contribution is -2.51. The number of rotatable bonds is 2. The molecule has 0 aliphatic carbocycles. The molecule has 1 fully saturated rings. The third kappa shape index (κ3) is 2.63. The van der Waals surface area contributed by atoms with Gasteiger partial charge in [0.1, 0.15) is 12.4 Å². The molecule has 5 heteroatoms. The van der Waals surface area contributed by atoms with Crippen molar-refractivity contribution < 1.29 is 9.53 Å². The highest BCUT2D eigenvalue weighted by Crippen LogP contribution is 2.34. The van der Waals surface area contributed by atoms with Gasteiger partial charge in [-0.3, -0.25) is 4.79 Å². The zero-order chi connectivity index (χ0) is 13.4. The standard InChI is InChI=1S/C15H20N2O2.ClH/c1-10-3-4-13-14(7-10)19-6-5-17(13)15(18)11(2)12-8-16-9-12;/h3-4,7,11-12,16H,5-6,8-9H2,1-2H3;1H. The van der Waals surface area contributed by atoms with Gasteiger partial charge in [0.05, 0.1) is 12.2 Å². The number of nitrogens with zero attached hydrogens (tertiary/aromatic N) is 1. The van der Waals surface area contributed by atoms with E-state index in [1.807, 2.05) is 36.9 Å². The van der Waals surface area contributed by atoms with Crippen LogP contribution in [0.15, 0.2) is 18.2 Å². The van der Waals surface area contributed by atoms with E-state index in [2.05, 4.69) is 5.32 Å². The Labute approximate surface area is 125 Å². The SMILES string of the molecule is Cc1ccc2c(c1)OCCN2C(=O)C(C)C1CNC1.Cl. The van der Waals surface area contributed by atoms with Gasteiger partial charge in [0.25, 0.3) is 0 Å². The zero-order valence-electron chi connectivity index (χ0n) is 11.9. The first-order valence-electron chi connectivity index (χ1n) is 6.92. The number of hydrogen-bond acceptors (Lipinski definition) is 3. The number of benzene rings is 1. The first-order valence-corrected chi connectivity index (χ1v) is 6.92. The van der Waals surface area contributed by atoms with E-state index < -0.39 is 0 Å². The minimum absolute atomic E-state index is 0. The van der Waals surface area contributed by atoms with Crippen molar-refractivity contribution in [2.45, 2.75) is 13.8 Å². The van der Waals surface area contributed by atoms with Gasteiger partial charge in [-0.25, -0.2) is 0 Å². The van der Waals surface area contributed by atoms with E-state index in [0.29, 0.717) is 19.1 Å². The second-order valence-corrected chi connectivity index (χ2v) is 5.52. The molecule has 0 spiro atoms. The van der Waals surface area contributed by atoms with Gasteiger partial charge in [0, 0.05) is 5.92 Å². The van der Waals surface area contributed by atoms with Gasteiger partial charge in [-0.2, -0.15) is 0 Å². The van der Waals surface area contributed by atoms with Crippen molar-refractivity contribution in [3.8, 4) is 5.75 Å². The van der Waals surface area contributed by atoms with Gasteiger partial charge < -0.3 is 15.0 Å². The number of hydrogen-bond donors (Lipinski definition) is 1. The van der Waals surface area contributed by atoms with Crippen molar-refractivity contribution in [1.82, 2.24) is 5.32 Å². The molecule has 0 radical (unpaired) electrons. The molecule has 2 heterocycles. The average molecular weight is 297 g/mol. The first-order chi connectivity index (χ1) is 9.16. The lowest BCUT2D eigenvalue weighted by molar-refractivity contribution is -0.124. The summed E-state index contributed by atoms with van der Waals surface area (Å²) in [5.41, 5.74) is 2.07. The summed E-state index contributed by atoms with van der Waals surface area (Å²) in [5.74, 6) is 1.61. The van der Waals surface area contributed by atoms with Gasteiger partial charge in [0.15, 0.2) is 0 Å². The van der Waals surface area contributed by atoms with Crippen molar-refractivity contribution >= 4 is 24.0 Å². The summed E-state index contributed by atoms with van der Waals surface area (Å²) in [7, 11) is 0. The highest BCUT2D eigenvalue weighted by atomic mass is 35.5. The summed E-state index contributed by atoms with van der Waals surface area (Å²) in [6, 6.07) is 6.03. The Hall–Kier alpha value is -1.26. The Balaban J connectivity index is 0.00000147. The number of aryl methyl sites for hydroxylation is 1. The molecule has 1 amide bonds. The van der Waals surface area contributed by atoms with Crippen LogP contribution in [0.4, 0.5) is 5.69 Å². The van der Waals surface area contributed by atoms with Crippen LogP contribution in [0, 0.1) is 18.8 Å².